The molecule has 0 bridgehead atoms. The van der Waals surface area contributed by atoms with Gasteiger partial charge in [-0.1, -0.05) is 0 Å². The number of nitrogens with zero attached hydrogens (tertiary/aromatic N) is 1. The van der Waals surface area contributed by atoms with Crippen molar-refractivity contribution in [2.75, 3.05) is 25.5 Å². The van der Waals surface area contributed by atoms with Crippen LogP contribution in [0.25, 0.3) is 0 Å². The normalized spacial score (nSPS) is 15.4. The second kappa shape index (κ2) is 7.85. The molecule has 1 heterocycles. The lowest BCUT2D eigenvalue weighted by molar-refractivity contribution is -0.125. The first-order valence-corrected chi connectivity index (χ1v) is 8.04. The van der Waals surface area contributed by atoms with E-state index in [1.165, 1.54) is 0 Å². The third-order valence-electron chi connectivity index (χ3n) is 3.88. The van der Waals surface area contributed by atoms with Crippen LogP contribution < -0.4 is 15.4 Å². The van der Waals surface area contributed by atoms with Gasteiger partial charge in [0.2, 0.25) is 5.91 Å². The molecule has 23 heavy (non-hydrogen) atoms. The molecule has 0 unspecified atom stereocenters. The van der Waals surface area contributed by atoms with Crippen LogP contribution in [0.2, 0.25) is 0 Å². The van der Waals surface area contributed by atoms with Crippen molar-refractivity contribution < 1.29 is 14.3 Å². The predicted molar refractivity (Wildman–Crippen MR) is 89.6 cm³/mol. The summed E-state index contributed by atoms with van der Waals surface area (Å²) in [6.07, 6.45) is 1.53. The van der Waals surface area contributed by atoms with Crippen LogP contribution in [-0.2, 0) is 4.79 Å². The first kappa shape index (κ1) is 17.1. The summed E-state index contributed by atoms with van der Waals surface area (Å²) in [5, 5.41) is 5.55. The van der Waals surface area contributed by atoms with Crippen LogP contribution in [0, 0.1) is 5.92 Å². The maximum atomic E-state index is 12.3. The van der Waals surface area contributed by atoms with E-state index in [2.05, 4.69) is 10.6 Å². The average Bonchev–Trinajstić information content (AvgIpc) is 2.55. The van der Waals surface area contributed by atoms with Crippen LogP contribution in [0.4, 0.5) is 10.5 Å². The zero-order valence-electron chi connectivity index (χ0n) is 14.0. The topological polar surface area (TPSA) is 70.7 Å². The van der Waals surface area contributed by atoms with Gasteiger partial charge in [-0.3, -0.25) is 4.79 Å². The molecule has 6 heteroatoms. The van der Waals surface area contributed by atoms with Gasteiger partial charge in [-0.05, 0) is 51.0 Å². The number of nitrogens with one attached hydrogen (secondary N) is 2. The summed E-state index contributed by atoms with van der Waals surface area (Å²) in [6, 6.07) is 7.21. The number of anilines is 1. The average molecular weight is 319 g/mol. The Morgan fingerprint density at radius 2 is 1.78 bits per heavy atom. The highest BCUT2D eigenvalue weighted by atomic mass is 16.5. The van der Waals surface area contributed by atoms with Crippen molar-refractivity contribution in [2.45, 2.75) is 32.8 Å². The Hall–Kier alpha value is -2.24. The van der Waals surface area contributed by atoms with Gasteiger partial charge < -0.3 is 20.3 Å². The van der Waals surface area contributed by atoms with Crippen LogP contribution in [0.15, 0.2) is 24.3 Å². The fourth-order valence-electron chi connectivity index (χ4n) is 2.64. The predicted octanol–water partition coefficient (Wildman–Crippen LogP) is 2.46. The molecule has 2 rings (SSSR count). The number of urea groups is 1. The van der Waals surface area contributed by atoms with Crippen molar-refractivity contribution in [2.24, 2.45) is 5.92 Å². The molecule has 126 valence electrons. The lowest BCUT2D eigenvalue weighted by atomic mass is 9.96. The fourth-order valence-corrected chi connectivity index (χ4v) is 2.64. The maximum Gasteiger partial charge on any atom is 0.321 e. The van der Waals surface area contributed by atoms with Crippen molar-refractivity contribution >= 4 is 17.6 Å². The molecule has 0 spiro atoms. The van der Waals surface area contributed by atoms with Crippen molar-refractivity contribution in [3.8, 4) is 5.75 Å². The summed E-state index contributed by atoms with van der Waals surface area (Å²) in [6.45, 7) is 5.13. The summed E-state index contributed by atoms with van der Waals surface area (Å²) < 4.78 is 5.57. The van der Waals surface area contributed by atoms with Crippen LogP contribution in [0.3, 0.4) is 0 Å². The Morgan fingerprint density at radius 1 is 1.17 bits per heavy atom. The van der Waals surface area contributed by atoms with Gasteiger partial charge in [0.15, 0.2) is 0 Å². The molecule has 1 aliphatic rings. The van der Waals surface area contributed by atoms with Crippen molar-refractivity contribution in [1.29, 1.82) is 0 Å². The molecule has 1 fully saturated rings. The second-order valence-corrected chi connectivity index (χ2v) is 6.00. The number of benzene rings is 1. The minimum atomic E-state index is -0.127. The Labute approximate surface area is 137 Å². The molecule has 0 radical (unpaired) electrons. The standard InChI is InChI=1S/C17H25N3O3/c1-12(2)23-15-6-4-14(5-7-15)19-17(22)20-10-8-13(9-11-20)16(21)18-3/h4-7,12-13H,8-11H2,1-3H3,(H,18,21)(H,19,22). The summed E-state index contributed by atoms with van der Waals surface area (Å²) in [7, 11) is 1.65. The van der Waals surface area contributed by atoms with Crippen LogP contribution >= 0.6 is 0 Å². The van der Waals surface area contributed by atoms with Crippen molar-refractivity contribution in [3.05, 3.63) is 24.3 Å². The molecular weight excluding hydrogens is 294 g/mol. The third-order valence-corrected chi connectivity index (χ3v) is 3.88. The smallest absolute Gasteiger partial charge is 0.321 e. The molecule has 6 nitrogen and oxygen atoms in total. The van der Waals surface area contributed by atoms with E-state index in [0.717, 1.165) is 11.4 Å². The number of hydrogen-bond donors (Lipinski definition) is 2. The third kappa shape index (κ3) is 4.87. The van der Waals surface area contributed by atoms with Crippen LogP contribution in [0.1, 0.15) is 26.7 Å². The molecule has 0 saturated carbocycles. The quantitative estimate of drug-likeness (QED) is 0.895. The summed E-state index contributed by atoms with van der Waals surface area (Å²) in [4.78, 5) is 25.6. The number of carbonyl (C=O) groups excluding carboxylic acids is 2. The van der Waals surface area contributed by atoms with Gasteiger partial charge in [-0.15, -0.1) is 0 Å². The highest BCUT2D eigenvalue weighted by Crippen LogP contribution is 2.20. The molecule has 1 aromatic carbocycles. The zero-order valence-corrected chi connectivity index (χ0v) is 14.0. The second-order valence-electron chi connectivity index (χ2n) is 6.00. The minimum Gasteiger partial charge on any atom is -0.491 e. The molecular formula is C17H25N3O3. The number of piperidine rings is 1. The number of ether oxygens (including phenoxy) is 1. The van der Waals surface area contributed by atoms with Gasteiger partial charge in [-0.2, -0.15) is 0 Å². The van der Waals surface area contributed by atoms with Crippen LogP contribution in [-0.4, -0.2) is 43.1 Å². The lowest BCUT2D eigenvalue weighted by Crippen LogP contribution is -2.44. The van der Waals surface area contributed by atoms with E-state index in [0.29, 0.717) is 25.9 Å². The Bertz CT molecular complexity index is 535. The SMILES string of the molecule is CNC(=O)C1CCN(C(=O)Nc2ccc(OC(C)C)cc2)CC1. The number of carbonyl (C=O) groups is 2. The zero-order chi connectivity index (χ0) is 16.8. The Kier molecular flexibility index (Phi) is 5.84. The first-order chi connectivity index (χ1) is 11.0. The fraction of sp³-hybridized carbons (Fsp3) is 0.529. The van der Waals surface area contributed by atoms with Gasteiger partial charge in [0.25, 0.3) is 0 Å². The molecule has 0 aromatic heterocycles. The molecule has 0 aliphatic carbocycles. The van der Waals surface area contributed by atoms with E-state index in [1.807, 2.05) is 38.1 Å². The summed E-state index contributed by atoms with van der Waals surface area (Å²) in [5.74, 6) is 0.853. The van der Waals surface area contributed by atoms with Crippen LogP contribution in [0.5, 0.6) is 5.75 Å². The van der Waals surface area contributed by atoms with E-state index < -0.39 is 0 Å². The Balaban J connectivity index is 1.84. The van der Waals surface area contributed by atoms with Crippen molar-refractivity contribution in [1.82, 2.24) is 10.2 Å². The molecule has 0 atom stereocenters. The van der Waals surface area contributed by atoms with E-state index >= 15 is 0 Å². The largest absolute Gasteiger partial charge is 0.491 e. The number of likely N-dealkylation sites (tertiary alicyclic amines) is 1. The molecule has 1 aliphatic heterocycles. The van der Waals surface area contributed by atoms with E-state index in [-0.39, 0.29) is 24.0 Å². The van der Waals surface area contributed by atoms with Gasteiger partial charge in [0.05, 0.1) is 6.10 Å². The van der Waals surface area contributed by atoms with E-state index in [1.54, 1.807) is 11.9 Å². The number of amides is 3. The molecule has 1 aromatic rings. The number of hydrogen-bond acceptors (Lipinski definition) is 3. The van der Waals surface area contributed by atoms with Crippen molar-refractivity contribution in [3.63, 3.8) is 0 Å². The van der Waals surface area contributed by atoms with E-state index in [9.17, 15) is 9.59 Å². The van der Waals surface area contributed by atoms with Gasteiger partial charge in [-0.25, -0.2) is 4.79 Å². The summed E-state index contributed by atoms with van der Waals surface area (Å²) >= 11 is 0. The highest BCUT2D eigenvalue weighted by Gasteiger charge is 2.26. The highest BCUT2D eigenvalue weighted by molar-refractivity contribution is 5.89. The monoisotopic (exact) mass is 319 g/mol. The Morgan fingerprint density at radius 3 is 2.30 bits per heavy atom. The minimum absolute atomic E-state index is 0.0107. The number of rotatable bonds is 4. The first-order valence-electron chi connectivity index (χ1n) is 8.04. The molecule has 1 saturated heterocycles. The van der Waals surface area contributed by atoms with E-state index in [4.69, 9.17) is 4.74 Å². The van der Waals surface area contributed by atoms with Gasteiger partial charge in [0, 0.05) is 31.7 Å². The molecule has 3 amide bonds. The summed E-state index contributed by atoms with van der Waals surface area (Å²) in [5.41, 5.74) is 0.736. The lowest BCUT2D eigenvalue weighted by Gasteiger charge is -2.31. The van der Waals surface area contributed by atoms with Gasteiger partial charge in [0.1, 0.15) is 5.75 Å². The van der Waals surface area contributed by atoms with Gasteiger partial charge >= 0.3 is 6.03 Å². The maximum absolute atomic E-state index is 12.3. The molecule has 2 N–H and O–H groups in total.